The van der Waals surface area contributed by atoms with E-state index in [1.165, 1.54) is 45.2 Å². The van der Waals surface area contributed by atoms with E-state index < -0.39 is 0 Å². The highest BCUT2D eigenvalue weighted by molar-refractivity contribution is 4.67. The molecule has 2 heterocycles. The fraction of sp³-hybridized carbons (Fsp3) is 1.00. The average Bonchev–Trinajstić information content (AvgIpc) is 2.29. The molecule has 82 valence electrons. The van der Waals surface area contributed by atoms with Crippen LogP contribution in [0.5, 0.6) is 0 Å². The highest BCUT2D eigenvalue weighted by Gasteiger charge is 2.16. The molecule has 1 N–H and O–H groups in total. The Labute approximate surface area is 86.8 Å². The summed E-state index contributed by atoms with van der Waals surface area (Å²) in [6.07, 6.45) is 6.58. The van der Waals surface area contributed by atoms with Crippen molar-refractivity contribution in [3.05, 3.63) is 0 Å². The van der Waals surface area contributed by atoms with Crippen molar-refractivity contribution in [3.8, 4) is 0 Å². The minimum Gasteiger partial charge on any atom is -0.317 e. The molecule has 0 saturated carbocycles. The van der Waals surface area contributed by atoms with Crippen LogP contribution in [0.15, 0.2) is 0 Å². The van der Waals surface area contributed by atoms with E-state index in [1.54, 1.807) is 0 Å². The summed E-state index contributed by atoms with van der Waals surface area (Å²) >= 11 is 0. The zero-order chi connectivity index (χ0) is 9.64. The van der Waals surface area contributed by atoms with Crippen LogP contribution in [0.1, 0.15) is 32.1 Å². The van der Waals surface area contributed by atoms with Gasteiger partial charge in [0, 0.05) is 13.1 Å². The lowest BCUT2D eigenvalue weighted by atomic mass is 10.00. The van der Waals surface area contributed by atoms with Crippen molar-refractivity contribution in [2.24, 2.45) is 5.92 Å². The second-order valence-corrected chi connectivity index (χ2v) is 4.48. The second-order valence-electron chi connectivity index (χ2n) is 4.48. The number of hydrogen-bond acceptors (Lipinski definition) is 3. The van der Waals surface area contributed by atoms with Gasteiger partial charge in [0.15, 0.2) is 0 Å². The summed E-state index contributed by atoms with van der Waals surface area (Å²) < 4.78 is 0. The standard InChI is InChI=1S/C11H22N2O/c1-2-8-13(9-3-1)14-10-11-4-6-12-7-5-11/h11-12H,1-10H2. The predicted molar refractivity (Wildman–Crippen MR) is 57.0 cm³/mol. The largest absolute Gasteiger partial charge is 0.317 e. The van der Waals surface area contributed by atoms with Gasteiger partial charge in [-0.2, -0.15) is 5.06 Å². The van der Waals surface area contributed by atoms with Gasteiger partial charge in [0.25, 0.3) is 0 Å². The van der Waals surface area contributed by atoms with Crippen molar-refractivity contribution in [2.45, 2.75) is 32.1 Å². The molecule has 0 atom stereocenters. The lowest BCUT2D eigenvalue weighted by Gasteiger charge is -2.29. The van der Waals surface area contributed by atoms with Crippen LogP contribution in [0, 0.1) is 5.92 Å². The van der Waals surface area contributed by atoms with Crippen LogP contribution in [-0.4, -0.2) is 37.8 Å². The highest BCUT2D eigenvalue weighted by atomic mass is 16.7. The average molecular weight is 198 g/mol. The molecule has 0 aromatic carbocycles. The van der Waals surface area contributed by atoms with Crippen LogP contribution >= 0.6 is 0 Å². The molecule has 2 rings (SSSR count). The van der Waals surface area contributed by atoms with Crippen molar-refractivity contribution < 1.29 is 4.84 Å². The first-order valence-electron chi connectivity index (χ1n) is 6.04. The molecule has 3 heteroatoms. The van der Waals surface area contributed by atoms with Crippen LogP contribution < -0.4 is 5.32 Å². The van der Waals surface area contributed by atoms with Crippen molar-refractivity contribution in [3.63, 3.8) is 0 Å². The molecule has 3 nitrogen and oxygen atoms in total. The Kier molecular flexibility index (Phi) is 4.22. The Morgan fingerprint density at radius 2 is 1.79 bits per heavy atom. The number of nitrogens with one attached hydrogen (secondary N) is 1. The number of hydrogen-bond donors (Lipinski definition) is 1. The topological polar surface area (TPSA) is 24.5 Å². The molecule has 2 aliphatic rings. The number of nitrogens with zero attached hydrogens (tertiary/aromatic N) is 1. The van der Waals surface area contributed by atoms with Gasteiger partial charge in [-0.3, -0.25) is 4.84 Å². The van der Waals surface area contributed by atoms with Gasteiger partial charge in [-0.25, -0.2) is 0 Å². The minimum atomic E-state index is 0.790. The van der Waals surface area contributed by atoms with Gasteiger partial charge >= 0.3 is 0 Å². The summed E-state index contributed by atoms with van der Waals surface area (Å²) in [7, 11) is 0. The highest BCUT2D eigenvalue weighted by Crippen LogP contribution is 2.14. The molecule has 0 amide bonds. The molecule has 0 aromatic heterocycles. The van der Waals surface area contributed by atoms with E-state index in [1.807, 2.05) is 0 Å². The molecule has 0 aromatic rings. The Balaban J connectivity index is 1.60. The van der Waals surface area contributed by atoms with Gasteiger partial charge in [-0.1, -0.05) is 6.42 Å². The molecule has 0 aliphatic carbocycles. The molecule has 0 radical (unpaired) electrons. The van der Waals surface area contributed by atoms with Crippen LogP contribution in [0.4, 0.5) is 0 Å². The van der Waals surface area contributed by atoms with Gasteiger partial charge in [-0.05, 0) is 44.7 Å². The van der Waals surface area contributed by atoms with E-state index in [4.69, 9.17) is 4.84 Å². The van der Waals surface area contributed by atoms with Crippen LogP contribution in [0.3, 0.4) is 0 Å². The maximum Gasteiger partial charge on any atom is 0.0714 e. The van der Waals surface area contributed by atoms with Crippen molar-refractivity contribution in [1.29, 1.82) is 0 Å². The van der Waals surface area contributed by atoms with E-state index in [2.05, 4.69) is 10.4 Å². The number of hydroxylamine groups is 2. The zero-order valence-corrected chi connectivity index (χ0v) is 9.00. The summed E-state index contributed by atoms with van der Waals surface area (Å²) in [6.45, 7) is 5.58. The van der Waals surface area contributed by atoms with Gasteiger partial charge < -0.3 is 5.32 Å². The Morgan fingerprint density at radius 1 is 1.07 bits per heavy atom. The van der Waals surface area contributed by atoms with Gasteiger partial charge in [0.05, 0.1) is 6.61 Å². The number of rotatable bonds is 3. The first-order valence-corrected chi connectivity index (χ1v) is 6.04. The van der Waals surface area contributed by atoms with Crippen molar-refractivity contribution in [1.82, 2.24) is 10.4 Å². The summed E-state index contributed by atoms with van der Waals surface area (Å²) in [5, 5.41) is 5.56. The Morgan fingerprint density at radius 3 is 2.50 bits per heavy atom. The molecular formula is C11H22N2O. The fourth-order valence-corrected chi connectivity index (χ4v) is 2.25. The van der Waals surface area contributed by atoms with E-state index in [0.717, 1.165) is 25.6 Å². The first-order chi connectivity index (χ1) is 6.95. The van der Waals surface area contributed by atoms with Gasteiger partial charge in [-0.15, -0.1) is 0 Å². The van der Waals surface area contributed by atoms with E-state index >= 15 is 0 Å². The normalized spacial score (nSPS) is 26.6. The molecular weight excluding hydrogens is 176 g/mol. The lowest BCUT2D eigenvalue weighted by molar-refractivity contribution is -0.179. The van der Waals surface area contributed by atoms with E-state index in [0.29, 0.717) is 0 Å². The van der Waals surface area contributed by atoms with E-state index in [9.17, 15) is 0 Å². The predicted octanol–water partition coefficient (Wildman–Crippen LogP) is 1.40. The third-order valence-corrected chi connectivity index (χ3v) is 3.27. The smallest absolute Gasteiger partial charge is 0.0714 e. The monoisotopic (exact) mass is 198 g/mol. The third-order valence-electron chi connectivity index (χ3n) is 3.27. The lowest BCUT2D eigenvalue weighted by Crippen LogP contribution is -2.35. The molecule has 2 aliphatic heterocycles. The first kappa shape index (κ1) is 10.4. The van der Waals surface area contributed by atoms with Gasteiger partial charge in [0.2, 0.25) is 0 Å². The van der Waals surface area contributed by atoms with Crippen LogP contribution in [0.25, 0.3) is 0 Å². The molecule has 0 bridgehead atoms. The van der Waals surface area contributed by atoms with Gasteiger partial charge in [0.1, 0.15) is 0 Å². The zero-order valence-electron chi connectivity index (χ0n) is 9.00. The second kappa shape index (κ2) is 5.69. The minimum absolute atomic E-state index is 0.790. The third kappa shape index (κ3) is 3.23. The summed E-state index contributed by atoms with van der Waals surface area (Å²) in [4.78, 5) is 5.83. The molecule has 0 unspecified atom stereocenters. The maximum atomic E-state index is 5.83. The maximum absolute atomic E-state index is 5.83. The van der Waals surface area contributed by atoms with Crippen molar-refractivity contribution in [2.75, 3.05) is 32.8 Å². The van der Waals surface area contributed by atoms with Crippen LogP contribution in [0.2, 0.25) is 0 Å². The molecule has 2 saturated heterocycles. The SMILES string of the molecule is C1CCN(OCC2CCNCC2)CC1. The number of piperidine rings is 2. The summed E-state index contributed by atoms with van der Waals surface area (Å²) in [5.41, 5.74) is 0. The van der Waals surface area contributed by atoms with E-state index in [-0.39, 0.29) is 0 Å². The Hall–Kier alpha value is -0.120. The Bertz CT molecular complexity index is 133. The molecule has 0 spiro atoms. The molecule has 2 fully saturated rings. The van der Waals surface area contributed by atoms with Crippen molar-refractivity contribution >= 4 is 0 Å². The fourth-order valence-electron chi connectivity index (χ4n) is 2.25. The molecule has 14 heavy (non-hydrogen) atoms. The summed E-state index contributed by atoms with van der Waals surface area (Å²) in [5.74, 6) is 0.790. The quantitative estimate of drug-likeness (QED) is 0.742. The summed E-state index contributed by atoms with van der Waals surface area (Å²) in [6, 6.07) is 0. The van der Waals surface area contributed by atoms with Crippen LogP contribution in [-0.2, 0) is 4.84 Å².